The lowest BCUT2D eigenvalue weighted by Gasteiger charge is -2.02. The van der Waals surface area contributed by atoms with Crippen LogP contribution in [0.5, 0.6) is 0 Å². The van der Waals surface area contributed by atoms with Gasteiger partial charge in [0.25, 0.3) is 0 Å². The van der Waals surface area contributed by atoms with E-state index in [1.54, 1.807) is 24.3 Å². The van der Waals surface area contributed by atoms with Crippen LogP contribution < -0.4 is 0 Å². The van der Waals surface area contributed by atoms with Gasteiger partial charge in [0.05, 0.1) is 5.75 Å². The van der Waals surface area contributed by atoms with Crippen molar-refractivity contribution in [1.29, 1.82) is 0 Å². The van der Waals surface area contributed by atoms with E-state index < -0.39 is 10.8 Å². The molecule has 0 amide bonds. The van der Waals surface area contributed by atoms with Gasteiger partial charge >= 0.3 is 0 Å². The second kappa shape index (κ2) is 7.62. The van der Waals surface area contributed by atoms with Crippen molar-refractivity contribution in [2.75, 3.05) is 11.5 Å². The van der Waals surface area contributed by atoms with E-state index in [1.165, 1.54) is 0 Å². The molecule has 0 heterocycles. The maximum atomic E-state index is 11.8. The smallest absolute Gasteiger partial charge is 0.175 e. The monoisotopic (exact) mass is 272 g/mol. The van der Waals surface area contributed by atoms with Crippen molar-refractivity contribution in [3.05, 3.63) is 34.9 Å². The summed E-state index contributed by atoms with van der Waals surface area (Å²) in [5, 5.41) is 0.602. The molecular formula is C13H17ClO2S. The molecule has 0 fully saturated rings. The van der Waals surface area contributed by atoms with Crippen molar-refractivity contribution < 1.29 is 9.00 Å². The van der Waals surface area contributed by atoms with Crippen LogP contribution in [0.1, 0.15) is 36.5 Å². The van der Waals surface area contributed by atoms with Gasteiger partial charge in [-0.2, -0.15) is 0 Å². The van der Waals surface area contributed by atoms with Gasteiger partial charge in [-0.25, -0.2) is 0 Å². The largest absolute Gasteiger partial charge is 0.293 e. The first-order valence-corrected chi connectivity index (χ1v) is 7.64. The molecule has 0 aliphatic carbocycles. The fourth-order valence-electron chi connectivity index (χ4n) is 1.45. The summed E-state index contributed by atoms with van der Waals surface area (Å²) in [6, 6.07) is 6.70. The van der Waals surface area contributed by atoms with E-state index in [1.807, 2.05) is 0 Å². The molecule has 1 aromatic rings. The Labute approximate surface area is 110 Å². The molecule has 0 bridgehead atoms. The van der Waals surface area contributed by atoms with E-state index >= 15 is 0 Å². The minimum absolute atomic E-state index is 0.0727. The summed E-state index contributed by atoms with van der Waals surface area (Å²) in [7, 11) is -1.04. The standard InChI is InChI=1S/C13H17ClO2S/c1-2-3-4-9-17(16)10-13(15)11-5-7-12(14)8-6-11/h5-8H,2-4,9-10H2,1H3. The van der Waals surface area contributed by atoms with Crippen LogP contribution >= 0.6 is 11.6 Å². The molecule has 0 spiro atoms. The van der Waals surface area contributed by atoms with E-state index in [-0.39, 0.29) is 11.5 Å². The second-order valence-corrected chi connectivity index (χ2v) is 5.94. The number of hydrogen-bond acceptors (Lipinski definition) is 2. The van der Waals surface area contributed by atoms with Gasteiger partial charge in [0.1, 0.15) is 0 Å². The highest BCUT2D eigenvalue weighted by molar-refractivity contribution is 7.85. The fourth-order valence-corrected chi connectivity index (χ4v) is 2.71. The molecule has 4 heteroatoms. The fraction of sp³-hybridized carbons (Fsp3) is 0.462. The van der Waals surface area contributed by atoms with Crippen LogP contribution in [-0.2, 0) is 10.8 Å². The Bertz CT molecular complexity index is 387. The number of benzene rings is 1. The average molecular weight is 273 g/mol. The van der Waals surface area contributed by atoms with Gasteiger partial charge in [-0.05, 0) is 30.7 Å². The summed E-state index contributed by atoms with van der Waals surface area (Å²) in [6.07, 6.45) is 3.10. The van der Waals surface area contributed by atoms with Crippen LogP contribution in [0.4, 0.5) is 0 Å². The first-order valence-electron chi connectivity index (χ1n) is 5.77. The third kappa shape index (κ3) is 5.46. The zero-order valence-corrected chi connectivity index (χ0v) is 11.5. The van der Waals surface area contributed by atoms with E-state index in [0.717, 1.165) is 19.3 Å². The van der Waals surface area contributed by atoms with Gasteiger partial charge in [0.2, 0.25) is 0 Å². The number of carbonyl (C=O) groups is 1. The Morgan fingerprint density at radius 3 is 2.47 bits per heavy atom. The van der Waals surface area contributed by atoms with Crippen molar-refractivity contribution in [2.24, 2.45) is 0 Å². The Morgan fingerprint density at radius 1 is 1.24 bits per heavy atom. The molecule has 1 unspecified atom stereocenters. The molecule has 0 aliphatic rings. The summed E-state index contributed by atoms with van der Waals surface area (Å²) in [6.45, 7) is 2.10. The van der Waals surface area contributed by atoms with Gasteiger partial charge < -0.3 is 0 Å². The molecule has 0 saturated carbocycles. The van der Waals surface area contributed by atoms with Crippen LogP contribution in [-0.4, -0.2) is 21.5 Å². The Balaban J connectivity index is 2.43. The number of unbranched alkanes of at least 4 members (excludes halogenated alkanes) is 2. The van der Waals surface area contributed by atoms with Gasteiger partial charge in [0, 0.05) is 27.1 Å². The molecule has 1 rings (SSSR count). The first-order chi connectivity index (χ1) is 8.13. The summed E-state index contributed by atoms with van der Waals surface area (Å²) in [5.41, 5.74) is 0.582. The number of halogens is 1. The molecule has 0 saturated heterocycles. The van der Waals surface area contributed by atoms with Crippen LogP contribution in [0.15, 0.2) is 24.3 Å². The third-order valence-corrected chi connectivity index (χ3v) is 4.01. The highest BCUT2D eigenvalue weighted by Crippen LogP contribution is 2.10. The van der Waals surface area contributed by atoms with Crippen LogP contribution in [0, 0.1) is 0 Å². The minimum atomic E-state index is -1.04. The van der Waals surface area contributed by atoms with Crippen molar-refractivity contribution in [1.82, 2.24) is 0 Å². The maximum Gasteiger partial charge on any atom is 0.175 e. The minimum Gasteiger partial charge on any atom is -0.293 e. The van der Waals surface area contributed by atoms with Crippen molar-refractivity contribution in [2.45, 2.75) is 26.2 Å². The maximum absolute atomic E-state index is 11.8. The van der Waals surface area contributed by atoms with Crippen molar-refractivity contribution >= 4 is 28.2 Å². The molecule has 1 atom stereocenters. The van der Waals surface area contributed by atoms with E-state index in [9.17, 15) is 9.00 Å². The lowest BCUT2D eigenvalue weighted by Crippen LogP contribution is -2.13. The molecule has 1 aromatic carbocycles. The quantitative estimate of drug-likeness (QED) is 0.563. The lowest BCUT2D eigenvalue weighted by molar-refractivity contribution is 0.102. The van der Waals surface area contributed by atoms with E-state index in [0.29, 0.717) is 16.3 Å². The zero-order chi connectivity index (χ0) is 12.7. The summed E-state index contributed by atoms with van der Waals surface area (Å²) in [4.78, 5) is 11.8. The van der Waals surface area contributed by atoms with Gasteiger partial charge in [-0.3, -0.25) is 9.00 Å². The average Bonchev–Trinajstić information content (AvgIpc) is 2.30. The highest BCUT2D eigenvalue weighted by atomic mass is 35.5. The number of hydrogen-bond donors (Lipinski definition) is 0. The van der Waals surface area contributed by atoms with Gasteiger partial charge in [-0.1, -0.05) is 31.4 Å². The Kier molecular flexibility index (Phi) is 6.45. The topological polar surface area (TPSA) is 34.1 Å². The summed E-state index contributed by atoms with van der Waals surface area (Å²) in [5.74, 6) is 0.662. The Morgan fingerprint density at radius 2 is 1.88 bits per heavy atom. The molecule has 2 nitrogen and oxygen atoms in total. The number of ketones is 1. The van der Waals surface area contributed by atoms with Crippen molar-refractivity contribution in [3.8, 4) is 0 Å². The SMILES string of the molecule is CCCCCS(=O)CC(=O)c1ccc(Cl)cc1. The van der Waals surface area contributed by atoms with Crippen LogP contribution in [0.2, 0.25) is 5.02 Å². The molecule has 0 N–H and O–H groups in total. The zero-order valence-electron chi connectivity index (χ0n) is 9.95. The summed E-state index contributed by atoms with van der Waals surface area (Å²) < 4.78 is 11.6. The van der Waals surface area contributed by atoms with E-state index in [2.05, 4.69) is 6.92 Å². The normalized spacial score (nSPS) is 12.4. The molecule has 94 valence electrons. The molecule has 0 aliphatic heterocycles. The first kappa shape index (κ1) is 14.4. The third-order valence-electron chi connectivity index (χ3n) is 2.43. The molecule has 0 aromatic heterocycles. The molecular weight excluding hydrogens is 256 g/mol. The molecule has 0 radical (unpaired) electrons. The van der Waals surface area contributed by atoms with Crippen molar-refractivity contribution in [3.63, 3.8) is 0 Å². The molecule has 17 heavy (non-hydrogen) atoms. The lowest BCUT2D eigenvalue weighted by atomic mass is 10.1. The predicted molar refractivity (Wildman–Crippen MR) is 73.2 cm³/mol. The predicted octanol–water partition coefficient (Wildman–Crippen LogP) is 3.46. The van der Waals surface area contributed by atoms with Gasteiger partial charge in [-0.15, -0.1) is 0 Å². The highest BCUT2D eigenvalue weighted by Gasteiger charge is 2.10. The van der Waals surface area contributed by atoms with Crippen LogP contribution in [0.25, 0.3) is 0 Å². The number of carbonyl (C=O) groups excluding carboxylic acids is 1. The van der Waals surface area contributed by atoms with Gasteiger partial charge in [0.15, 0.2) is 5.78 Å². The second-order valence-electron chi connectivity index (χ2n) is 3.93. The number of rotatable bonds is 7. The van der Waals surface area contributed by atoms with Crippen LogP contribution in [0.3, 0.4) is 0 Å². The summed E-state index contributed by atoms with van der Waals surface area (Å²) >= 11 is 5.74. The Hall–Kier alpha value is -0.670. The number of Topliss-reactive ketones (excluding diaryl/α,β-unsaturated/α-hetero) is 1. The van der Waals surface area contributed by atoms with E-state index in [4.69, 9.17) is 11.6 Å².